The Kier molecular flexibility index (Phi) is 4.35. The van der Waals surface area contributed by atoms with Gasteiger partial charge in [-0.05, 0) is 50.5 Å². The molecule has 1 heterocycles. The number of aryl methyl sites for hydroxylation is 1. The molecule has 0 unspecified atom stereocenters. The van der Waals surface area contributed by atoms with Gasteiger partial charge in [-0.1, -0.05) is 42.0 Å². The van der Waals surface area contributed by atoms with Crippen molar-refractivity contribution in [2.75, 3.05) is 7.11 Å². The fourth-order valence-corrected chi connectivity index (χ4v) is 3.69. The number of hydrogen-bond acceptors (Lipinski definition) is 2. The number of benzene rings is 2. The van der Waals surface area contributed by atoms with Gasteiger partial charge >= 0.3 is 0 Å². The van der Waals surface area contributed by atoms with Crippen LogP contribution in [0.25, 0.3) is 0 Å². The molecule has 2 aromatic carbocycles. The fraction of sp³-hybridized carbons (Fsp3) is 0.381. The van der Waals surface area contributed by atoms with Crippen LogP contribution in [0, 0.1) is 6.92 Å². The number of methoxy groups -OCH3 is 1. The lowest BCUT2D eigenvalue weighted by atomic mass is 9.71. The minimum absolute atomic E-state index is 0.106. The molecular formula is C21H25NO2. The first kappa shape index (κ1) is 16.6. The number of amides is 1. The van der Waals surface area contributed by atoms with Crippen molar-refractivity contribution in [1.29, 1.82) is 0 Å². The third-order valence-corrected chi connectivity index (χ3v) is 5.07. The van der Waals surface area contributed by atoms with Crippen molar-refractivity contribution in [3.05, 3.63) is 65.2 Å². The van der Waals surface area contributed by atoms with Gasteiger partial charge in [0.2, 0.25) is 5.91 Å². The predicted molar refractivity (Wildman–Crippen MR) is 96.5 cm³/mol. The van der Waals surface area contributed by atoms with Crippen molar-refractivity contribution in [3.8, 4) is 5.75 Å². The maximum atomic E-state index is 12.7. The Bertz CT molecular complexity index is 734. The van der Waals surface area contributed by atoms with Gasteiger partial charge in [-0.25, -0.2) is 0 Å². The summed E-state index contributed by atoms with van der Waals surface area (Å²) in [6, 6.07) is 16.4. The molecule has 126 valence electrons. The highest BCUT2D eigenvalue weighted by atomic mass is 16.5. The van der Waals surface area contributed by atoms with E-state index in [1.165, 1.54) is 11.1 Å². The monoisotopic (exact) mass is 323 g/mol. The van der Waals surface area contributed by atoms with Crippen LogP contribution in [0.1, 0.15) is 48.8 Å². The van der Waals surface area contributed by atoms with Gasteiger partial charge in [-0.15, -0.1) is 0 Å². The zero-order valence-electron chi connectivity index (χ0n) is 14.8. The molecule has 0 spiro atoms. The van der Waals surface area contributed by atoms with Gasteiger partial charge in [0.1, 0.15) is 5.75 Å². The van der Waals surface area contributed by atoms with Crippen molar-refractivity contribution in [2.24, 2.45) is 0 Å². The Morgan fingerprint density at radius 3 is 2.42 bits per heavy atom. The van der Waals surface area contributed by atoms with Crippen LogP contribution in [-0.2, 0) is 4.79 Å². The van der Waals surface area contributed by atoms with Crippen molar-refractivity contribution in [3.63, 3.8) is 0 Å². The zero-order valence-corrected chi connectivity index (χ0v) is 14.8. The molecule has 1 fully saturated rings. The molecule has 1 aliphatic rings. The Hall–Kier alpha value is -2.29. The van der Waals surface area contributed by atoms with Gasteiger partial charge in [0.05, 0.1) is 13.0 Å². The highest BCUT2D eigenvalue weighted by Crippen LogP contribution is 2.41. The van der Waals surface area contributed by atoms with Gasteiger partial charge in [-0.3, -0.25) is 4.79 Å². The third kappa shape index (κ3) is 3.16. The summed E-state index contributed by atoms with van der Waals surface area (Å²) < 4.78 is 5.22. The number of carbonyl (C=O) groups is 1. The van der Waals surface area contributed by atoms with Gasteiger partial charge in [0.15, 0.2) is 0 Å². The molecule has 0 aromatic heterocycles. The first-order valence-electron chi connectivity index (χ1n) is 8.43. The van der Waals surface area contributed by atoms with E-state index in [-0.39, 0.29) is 23.3 Å². The largest absolute Gasteiger partial charge is 0.497 e. The zero-order chi connectivity index (χ0) is 17.3. The quantitative estimate of drug-likeness (QED) is 0.920. The molecule has 1 amide bonds. The second-order valence-electron chi connectivity index (χ2n) is 7.24. The minimum atomic E-state index is -0.256. The first-order valence-corrected chi connectivity index (χ1v) is 8.43. The lowest BCUT2D eigenvalue weighted by Gasteiger charge is -2.43. The summed E-state index contributed by atoms with van der Waals surface area (Å²) in [5, 5.41) is 3.23. The fourth-order valence-electron chi connectivity index (χ4n) is 3.69. The maximum absolute atomic E-state index is 12.7. The molecule has 1 saturated heterocycles. The lowest BCUT2D eigenvalue weighted by molar-refractivity contribution is -0.127. The Morgan fingerprint density at radius 2 is 1.79 bits per heavy atom. The van der Waals surface area contributed by atoms with Crippen molar-refractivity contribution in [1.82, 2.24) is 5.32 Å². The van der Waals surface area contributed by atoms with E-state index in [0.717, 1.165) is 17.7 Å². The third-order valence-electron chi connectivity index (χ3n) is 5.07. The van der Waals surface area contributed by atoms with E-state index < -0.39 is 0 Å². The molecule has 0 aliphatic carbocycles. The number of ether oxygens (including phenoxy) is 1. The molecular weight excluding hydrogens is 298 g/mol. The summed E-state index contributed by atoms with van der Waals surface area (Å²) in [5.74, 6) is 1.07. The van der Waals surface area contributed by atoms with Crippen LogP contribution >= 0.6 is 0 Å². The number of carbonyl (C=O) groups excluding carboxylic acids is 1. The van der Waals surface area contributed by atoms with E-state index in [9.17, 15) is 4.79 Å². The Labute approximate surface area is 144 Å². The van der Waals surface area contributed by atoms with Crippen LogP contribution in [0.3, 0.4) is 0 Å². The highest BCUT2D eigenvalue weighted by molar-refractivity contribution is 5.85. The first-order chi connectivity index (χ1) is 11.4. The summed E-state index contributed by atoms with van der Waals surface area (Å²) in [5.41, 5.74) is 3.33. The van der Waals surface area contributed by atoms with Crippen molar-refractivity contribution < 1.29 is 9.53 Å². The molecule has 3 heteroatoms. The highest BCUT2D eigenvalue weighted by Gasteiger charge is 2.42. The SMILES string of the molecule is COc1ccc([C@H]2C[C@@H](c3cccc(C)c3)C(C)(C)NC2=O)cc1. The van der Waals surface area contributed by atoms with Crippen LogP contribution in [0.15, 0.2) is 48.5 Å². The summed E-state index contributed by atoms with van der Waals surface area (Å²) in [6.45, 7) is 6.34. The Balaban J connectivity index is 1.93. The maximum Gasteiger partial charge on any atom is 0.227 e. The average Bonchev–Trinajstić information content (AvgIpc) is 2.54. The van der Waals surface area contributed by atoms with Crippen molar-refractivity contribution in [2.45, 2.75) is 44.6 Å². The summed E-state index contributed by atoms with van der Waals surface area (Å²) >= 11 is 0. The van der Waals surface area contributed by atoms with E-state index in [1.54, 1.807) is 7.11 Å². The van der Waals surface area contributed by atoms with Gasteiger partial charge in [0, 0.05) is 11.5 Å². The normalized spacial score (nSPS) is 22.8. The second kappa shape index (κ2) is 6.31. The van der Waals surface area contributed by atoms with Crippen molar-refractivity contribution >= 4 is 5.91 Å². The minimum Gasteiger partial charge on any atom is -0.497 e. The van der Waals surface area contributed by atoms with E-state index in [1.807, 2.05) is 24.3 Å². The molecule has 3 rings (SSSR count). The van der Waals surface area contributed by atoms with Gasteiger partial charge < -0.3 is 10.1 Å². The molecule has 0 bridgehead atoms. The van der Waals surface area contributed by atoms with E-state index in [0.29, 0.717) is 0 Å². The predicted octanol–water partition coefficient (Wildman–Crippen LogP) is 4.17. The molecule has 3 nitrogen and oxygen atoms in total. The molecule has 0 radical (unpaired) electrons. The lowest BCUT2D eigenvalue weighted by Crippen LogP contribution is -2.54. The molecule has 2 aromatic rings. The number of hydrogen-bond donors (Lipinski definition) is 1. The van der Waals surface area contributed by atoms with Gasteiger partial charge in [0.25, 0.3) is 0 Å². The second-order valence-corrected chi connectivity index (χ2v) is 7.24. The number of nitrogens with one attached hydrogen (secondary N) is 1. The van der Waals surface area contributed by atoms with E-state index >= 15 is 0 Å². The summed E-state index contributed by atoms with van der Waals surface area (Å²) in [4.78, 5) is 12.7. The number of piperidine rings is 1. The number of rotatable bonds is 3. The van der Waals surface area contributed by atoms with Crippen LogP contribution in [0.4, 0.5) is 0 Å². The summed E-state index contributed by atoms with van der Waals surface area (Å²) in [7, 11) is 1.65. The van der Waals surface area contributed by atoms with Gasteiger partial charge in [-0.2, -0.15) is 0 Å². The molecule has 1 N–H and O–H groups in total. The molecule has 0 saturated carbocycles. The van der Waals surface area contributed by atoms with Crippen LogP contribution in [0.2, 0.25) is 0 Å². The van der Waals surface area contributed by atoms with Crippen LogP contribution < -0.4 is 10.1 Å². The smallest absolute Gasteiger partial charge is 0.227 e. The molecule has 2 atom stereocenters. The molecule has 24 heavy (non-hydrogen) atoms. The van der Waals surface area contributed by atoms with Crippen LogP contribution in [0.5, 0.6) is 5.75 Å². The average molecular weight is 323 g/mol. The summed E-state index contributed by atoms with van der Waals surface area (Å²) in [6.07, 6.45) is 0.814. The van der Waals surface area contributed by atoms with E-state index in [4.69, 9.17) is 4.74 Å². The topological polar surface area (TPSA) is 38.3 Å². The molecule has 1 aliphatic heterocycles. The van der Waals surface area contributed by atoms with E-state index in [2.05, 4.69) is 50.4 Å². The standard InChI is InChI=1S/C21H25NO2/c1-14-6-5-7-16(12-14)19-13-18(20(23)22-21(19,2)3)15-8-10-17(24-4)11-9-15/h5-12,18-19H,13H2,1-4H3,(H,22,23)/t18-,19+/m1/s1. The Morgan fingerprint density at radius 1 is 1.08 bits per heavy atom. The van der Waals surface area contributed by atoms with Crippen LogP contribution in [-0.4, -0.2) is 18.6 Å².